The fourth-order valence-corrected chi connectivity index (χ4v) is 9.04. The second-order valence-corrected chi connectivity index (χ2v) is 16.0. The van der Waals surface area contributed by atoms with Crippen molar-refractivity contribution in [1.82, 2.24) is 4.57 Å². The molecule has 1 aromatic heterocycles. The molecule has 0 saturated heterocycles. The first-order chi connectivity index (χ1) is 26.4. The number of anilines is 3. The first-order valence-corrected chi connectivity index (χ1v) is 20.1. The third-order valence-electron chi connectivity index (χ3n) is 12.0. The third-order valence-corrected chi connectivity index (χ3v) is 12.0. The molecule has 9 rings (SSSR count). The van der Waals surface area contributed by atoms with Gasteiger partial charge in [0.15, 0.2) is 0 Å². The fraction of sp³-hybridized carbons (Fsp3) is 0.231. The molecule has 0 amide bonds. The summed E-state index contributed by atoms with van der Waals surface area (Å²) in [6, 6.07) is 52.9. The molecule has 268 valence electrons. The molecule has 0 spiro atoms. The number of rotatable bonds is 10. The zero-order valence-corrected chi connectivity index (χ0v) is 32.4. The molecule has 1 aliphatic carbocycles. The van der Waals surface area contributed by atoms with E-state index in [1.54, 1.807) is 0 Å². The summed E-state index contributed by atoms with van der Waals surface area (Å²) in [5, 5.41) is 5.29. The second kappa shape index (κ2) is 13.7. The van der Waals surface area contributed by atoms with Crippen molar-refractivity contribution in [3.8, 4) is 16.8 Å². The van der Waals surface area contributed by atoms with E-state index in [1.165, 1.54) is 109 Å². The monoisotopic (exact) mass is 702 g/mol. The molecule has 2 heteroatoms. The fourth-order valence-electron chi connectivity index (χ4n) is 9.04. The highest BCUT2D eigenvalue weighted by Crippen LogP contribution is 2.55. The summed E-state index contributed by atoms with van der Waals surface area (Å²) in [6.45, 7) is 11.6. The largest absolute Gasteiger partial charge is 0.310 e. The summed E-state index contributed by atoms with van der Waals surface area (Å²) in [6.07, 6.45) is 7.11. The molecule has 0 N–H and O–H groups in total. The van der Waals surface area contributed by atoms with E-state index < -0.39 is 0 Å². The van der Waals surface area contributed by atoms with Crippen molar-refractivity contribution in [2.24, 2.45) is 0 Å². The Morgan fingerprint density at radius 1 is 0.537 bits per heavy atom. The smallest absolute Gasteiger partial charge is 0.0543 e. The summed E-state index contributed by atoms with van der Waals surface area (Å²) in [5.41, 5.74) is 16.7. The molecule has 0 aliphatic heterocycles. The minimum atomic E-state index is -0.214. The van der Waals surface area contributed by atoms with Gasteiger partial charge in [-0.2, -0.15) is 0 Å². The standard InChI is InChI=1S/C52H50N2/c1-6-8-15-36-23-29-48-44(31-36)45-32-37(16-9-7-2)24-30-49(45)54(48)40-27-28-43-46(33-40)52(4,5)47-34-50(41-19-13-14-20-42(41)51(43)47)53(38-17-11-10-12-18-38)39-25-21-35(3)22-26-39/h10-14,17-34H,6-9,15-16H2,1-5H3. The van der Waals surface area contributed by atoms with Crippen LogP contribution in [0.4, 0.5) is 17.1 Å². The van der Waals surface area contributed by atoms with Gasteiger partial charge in [-0.3, -0.25) is 0 Å². The van der Waals surface area contributed by atoms with Gasteiger partial charge in [-0.15, -0.1) is 0 Å². The summed E-state index contributed by atoms with van der Waals surface area (Å²) in [7, 11) is 0. The number of benzene rings is 7. The first-order valence-electron chi connectivity index (χ1n) is 20.1. The van der Waals surface area contributed by atoms with Crippen LogP contribution in [0, 0.1) is 6.92 Å². The van der Waals surface area contributed by atoms with Gasteiger partial charge in [0, 0.05) is 38.6 Å². The summed E-state index contributed by atoms with van der Waals surface area (Å²) in [5.74, 6) is 0. The van der Waals surface area contributed by atoms with E-state index in [9.17, 15) is 0 Å². The van der Waals surface area contributed by atoms with Gasteiger partial charge >= 0.3 is 0 Å². The normalized spacial score (nSPS) is 13.1. The Morgan fingerprint density at radius 2 is 1.13 bits per heavy atom. The van der Waals surface area contributed by atoms with Crippen molar-refractivity contribution >= 4 is 49.6 Å². The van der Waals surface area contributed by atoms with E-state index in [1.807, 2.05) is 0 Å². The van der Waals surface area contributed by atoms with E-state index in [2.05, 4.69) is 184 Å². The molecule has 1 aliphatic rings. The van der Waals surface area contributed by atoms with E-state index in [0.29, 0.717) is 0 Å². The van der Waals surface area contributed by atoms with Crippen molar-refractivity contribution in [3.05, 3.63) is 167 Å². The van der Waals surface area contributed by atoms with Crippen molar-refractivity contribution in [3.63, 3.8) is 0 Å². The lowest BCUT2D eigenvalue weighted by Crippen LogP contribution is -2.17. The quantitative estimate of drug-likeness (QED) is 0.138. The van der Waals surface area contributed by atoms with Crippen LogP contribution in [0.1, 0.15) is 81.2 Å². The topological polar surface area (TPSA) is 8.17 Å². The van der Waals surface area contributed by atoms with E-state index in [-0.39, 0.29) is 5.41 Å². The number of nitrogens with zero attached hydrogens (tertiary/aromatic N) is 2. The number of hydrogen-bond donors (Lipinski definition) is 0. The molecule has 0 radical (unpaired) electrons. The Kier molecular flexibility index (Phi) is 8.65. The SMILES string of the molecule is CCCCc1ccc2c(c1)c1cc(CCCC)ccc1n2-c1ccc2c(c1)C(C)(C)c1cc(N(c3ccccc3)c3ccc(C)cc3)c3ccccc3c1-2. The summed E-state index contributed by atoms with van der Waals surface area (Å²) in [4.78, 5) is 2.44. The molecule has 0 saturated carbocycles. The second-order valence-electron chi connectivity index (χ2n) is 16.0. The van der Waals surface area contributed by atoms with Crippen LogP contribution in [-0.4, -0.2) is 4.57 Å². The van der Waals surface area contributed by atoms with Crippen LogP contribution in [0.5, 0.6) is 0 Å². The van der Waals surface area contributed by atoms with Crippen LogP contribution in [0.2, 0.25) is 0 Å². The van der Waals surface area contributed by atoms with Gasteiger partial charge in [0.05, 0.1) is 16.7 Å². The molecule has 0 atom stereocenters. The average Bonchev–Trinajstić information content (AvgIpc) is 3.64. The van der Waals surface area contributed by atoms with E-state index in [0.717, 1.165) is 24.2 Å². The Balaban J connectivity index is 1.24. The molecule has 54 heavy (non-hydrogen) atoms. The zero-order valence-electron chi connectivity index (χ0n) is 32.4. The minimum absolute atomic E-state index is 0.214. The number of aryl methyl sites for hydroxylation is 3. The lowest BCUT2D eigenvalue weighted by molar-refractivity contribution is 0.660. The molecular weight excluding hydrogens is 653 g/mol. The van der Waals surface area contributed by atoms with Gasteiger partial charge in [-0.05, 0) is 138 Å². The molecule has 8 aromatic rings. The molecule has 7 aromatic carbocycles. The molecule has 0 bridgehead atoms. The maximum atomic E-state index is 2.52. The van der Waals surface area contributed by atoms with E-state index in [4.69, 9.17) is 0 Å². The lowest BCUT2D eigenvalue weighted by atomic mass is 9.81. The number of aromatic nitrogens is 1. The van der Waals surface area contributed by atoms with Crippen LogP contribution in [0.3, 0.4) is 0 Å². The number of para-hydroxylation sites is 1. The molecule has 1 heterocycles. The number of fused-ring (bicyclic) bond motifs is 8. The van der Waals surface area contributed by atoms with E-state index >= 15 is 0 Å². The predicted molar refractivity (Wildman–Crippen MR) is 232 cm³/mol. The van der Waals surface area contributed by atoms with Gasteiger partial charge < -0.3 is 9.47 Å². The highest BCUT2D eigenvalue weighted by molar-refractivity contribution is 6.11. The maximum absolute atomic E-state index is 2.52. The van der Waals surface area contributed by atoms with Gasteiger partial charge in [0.2, 0.25) is 0 Å². The summed E-state index contributed by atoms with van der Waals surface area (Å²) >= 11 is 0. The highest BCUT2D eigenvalue weighted by Gasteiger charge is 2.38. The van der Waals surface area contributed by atoms with Crippen LogP contribution < -0.4 is 4.90 Å². The number of unbranched alkanes of at least 4 members (excludes halogenated alkanes) is 2. The molecular formula is C52H50N2. The highest BCUT2D eigenvalue weighted by atomic mass is 15.1. The number of hydrogen-bond acceptors (Lipinski definition) is 1. The van der Waals surface area contributed by atoms with Crippen LogP contribution in [-0.2, 0) is 18.3 Å². The molecule has 0 unspecified atom stereocenters. The van der Waals surface area contributed by atoms with Crippen molar-refractivity contribution in [1.29, 1.82) is 0 Å². The molecule has 2 nitrogen and oxygen atoms in total. The Labute approximate surface area is 320 Å². The zero-order chi connectivity index (χ0) is 37.0. The minimum Gasteiger partial charge on any atom is -0.310 e. The van der Waals surface area contributed by atoms with Gasteiger partial charge in [-0.25, -0.2) is 0 Å². The van der Waals surface area contributed by atoms with Crippen molar-refractivity contribution in [2.45, 2.75) is 78.6 Å². The Bertz CT molecular complexity index is 2590. The Morgan fingerprint density at radius 3 is 1.76 bits per heavy atom. The predicted octanol–water partition coefficient (Wildman–Crippen LogP) is 14.7. The molecule has 0 fully saturated rings. The van der Waals surface area contributed by atoms with Crippen molar-refractivity contribution < 1.29 is 0 Å². The first kappa shape index (κ1) is 34.2. The van der Waals surface area contributed by atoms with Crippen LogP contribution >= 0.6 is 0 Å². The lowest BCUT2D eigenvalue weighted by Gasteiger charge is -2.30. The van der Waals surface area contributed by atoms with Crippen molar-refractivity contribution in [2.75, 3.05) is 4.90 Å². The average molecular weight is 703 g/mol. The van der Waals surface area contributed by atoms with Gasteiger partial charge in [0.1, 0.15) is 0 Å². The third kappa shape index (κ3) is 5.62. The van der Waals surface area contributed by atoms with Gasteiger partial charge in [-0.1, -0.05) is 119 Å². The maximum Gasteiger partial charge on any atom is 0.0543 e. The van der Waals surface area contributed by atoms with Crippen LogP contribution in [0.15, 0.2) is 140 Å². The van der Waals surface area contributed by atoms with Gasteiger partial charge in [0.25, 0.3) is 0 Å². The summed E-state index contributed by atoms with van der Waals surface area (Å²) < 4.78 is 2.52. The Hall–Kier alpha value is -5.60. The van der Waals surface area contributed by atoms with Crippen LogP contribution in [0.25, 0.3) is 49.4 Å².